The maximum absolute atomic E-state index is 5.41. The third-order valence-electron chi connectivity index (χ3n) is 3.00. The first kappa shape index (κ1) is 13.1. The van der Waals surface area contributed by atoms with Crippen LogP contribution in [0.25, 0.3) is 11.6 Å². The quantitative estimate of drug-likeness (QED) is 0.731. The summed E-state index contributed by atoms with van der Waals surface area (Å²) in [5.41, 5.74) is 2.01. The highest BCUT2D eigenvalue weighted by Gasteiger charge is 2.20. The Hall–Kier alpha value is -1.89. The lowest BCUT2D eigenvalue weighted by atomic mass is 10.3. The van der Waals surface area contributed by atoms with Crippen LogP contribution in [0, 0.1) is 13.8 Å². The normalized spacial score (nSPS) is 12.8. The molecule has 0 saturated heterocycles. The van der Waals surface area contributed by atoms with E-state index < -0.39 is 0 Å². The van der Waals surface area contributed by atoms with E-state index in [1.165, 1.54) is 0 Å². The van der Waals surface area contributed by atoms with Crippen molar-refractivity contribution < 1.29 is 8.94 Å². The SMILES string of the molecule is Cc1cc(C)n([C@H](C)c2nc(-c3ccc(Br)o3)no2)n1. The molecule has 104 valence electrons. The lowest BCUT2D eigenvalue weighted by Gasteiger charge is -2.08. The molecule has 6 nitrogen and oxygen atoms in total. The molecule has 3 aromatic rings. The van der Waals surface area contributed by atoms with Gasteiger partial charge in [-0.05, 0) is 54.9 Å². The molecule has 0 aliphatic heterocycles. The van der Waals surface area contributed by atoms with Crippen molar-refractivity contribution in [3.63, 3.8) is 0 Å². The third kappa shape index (κ3) is 2.29. The number of rotatable bonds is 3. The molecule has 0 aliphatic rings. The van der Waals surface area contributed by atoms with Crippen LogP contribution >= 0.6 is 15.9 Å². The molecule has 1 atom stereocenters. The van der Waals surface area contributed by atoms with Gasteiger partial charge in [0.25, 0.3) is 5.89 Å². The fourth-order valence-corrected chi connectivity index (χ4v) is 2.39. The van der Waals surface area contributed by atoms with Crippen molar-refractivity contribution in [1.29, 1.82) is 0 Å². The topological polar surface area (TPSA) is 69.9 Å². The van der Waals surface area contributed by atoms with Crippen molar-refractivity contribution in [2.24, 2.45) is 0 Å². The molecule has 0 aromatic carbocycles. The van der Waals surface area contributed by atoms with Crippen molar-refractivity contribution in [3.8, 4) is 11.6 Å². The van der Waals surface area contributed by atoms with E-state index in [0.717, 1.165) is 11.4 Å². The molecule has 0 saturated carbocycles. The molecule has 0 N–H and O–H groups in total. The van der Waals surface area contributed by atoms with Gasteiger partial charge in [0.05, 0.1) is 5.69 Å². The first-order valence-corrected chi connectivity index (χ1v) is 6.96. The Morgan fingerprint density at radius 3 is 2.70 bits per heavy atom. The molecule has 0 aliphatic carbocycles. The van der Waals surface area contributed by atoms with Crippen LogP contribution in [-0.2, 0) is 0 Å². The number of hydrogen-bond donors (Lipinski definition) is 0. The molecule has 3 aromatic heterocycles. The second-order valence-corrected chi connectivity index (χ2v) is 5.39. The van der Waals surface area contributed by atoms with Crippen LogP contribution < -0.4 is 0 Å². The number of aromatic nitrogens is 4. The molecule has 0 radical (unpaired) electrons. The summed E-state index contributed by atoms with van der Waals surface area (Å²) in [5, 5.41) is 8.37. The molecule has 20 heavy (non-hydrogen) atoms. The molecule has 0 spiro atoms. The highest BCUT2D eigenvalue weighted by molar-refractivity contribution is 9.10. The van der Waals surface area contributed by atoms with E-state index in [0.29, 0.717) is 22.1 Å². The van der Waals surface area contributed by atoms with E-state index in [2.05, 4.69) is 31.2 Å². The Morgan fingerprint density at radius 1 is 1.30 bits per heavy atom. The highest BCUT2D eigenvalue weighted by atomic mass is 79.9. The smallest absolute Gasteiger partial charge is 0.251 e. The molecule has 0 unspecified atom stereocenters. The van der Waals surface area contributed by atoms with E-state index in [1.54, 1.807) is 12.1 Å². The summed E-state index contributed by atoms with van der Waals surface area (Å²) in [7, 11) is 0. The Morgan fingerprint density at radius 2 is 2.10 bits per heavy atom. The van der Waals surface area contributed by atoms with Crippen LogP contribution in [0.2, 0.25) is 0 Å². The van der Waals surface area contributed by atoms with Crippen molar-refractivity contribution in [1.82, 2.24) is 19.9 Å². The average molecular weight is 337 g/mol. The molecule has 0 amide bonds. The van der Waals surface area contributed by atoms with E-state index in [-0.39, 0.29) is 6.04 Å². The predicted molar refractivity (Wildman–Crippen MR) is 75.2 cm³/mol. The molecule has 3 rings (SSSR count). The number of halogens is 1. The van der Waals surface area contributed by atoms with Gasteiger partial charge in [-0.15, -0.1) is 0 Å². The standard InChI is InChI=1S/C13H13BrN4O2/c1-7-6-8(2)18(16-7)9(3)13-15-12(17-20-13)10-4-5-11(14)19-10/h4-6,9H,1-3H3/t9-/m1/s1. The lowest BCUT2D eigenvalue weighted by molar-refractivity contribution is 0.333. The number of hydrogen-bond acceptors (Lipinski definition) is 5. The van der Waals surface area contributed by atoms with Crippen LogP contribution in [0.15, 0.2) is 31.8 Å². The second-order valence-electron chi connectivity index (χ2n) is 4.61. The minimum atomic E-state index is -0.122. The van der Waals surface area contributed by atoms with Gasteiger partial charge >= 0.3 is 0 Å². The zero-order chi connectivity index (χ0) is 14.3. The summed E-state index contributed by atoms with van der Waals surface area (Å²) in [4.78, 5) is 4.37. The van der Waals surface area contributed by atoms with Gasteiger partial charge < -0.3 is 8.94 Å². The lowest BCUT2D eigenvalue weighted by Crippen LogP contribution is -2.10. The summed E-state index contributed by atoms with van der Waals surface area (Å²) in [5.74, 6) is 1.49. The van der Waals surface area contributed by atoms with E-state index in [1.807, 2.05) is 31.5 Å². The molecule has 0 bridgehead atoms. The van der Waals surface area contributed by atoms with E-state index in [4.69, 9.17) is 8.94 Å². The summed E-state index contributed by atoms with van der Waals surface area (Å²) in [6, 6.07) is 5.46. The van der Waals surface area contributed by atoms with Crippen LogP contribution in [-0.4, -0.2) is 19.9 Å². The molecular formula is C13H13BrN4O2. The van der Waals surface area contributed by atoms with Gasteiger partial charge in [-0.3, -0.25) is 4.68 Å². The fraction of sp³-hybridized carbons (Fsp3) is 0.308. The summed E-state index contributed by atoms with van der Waals surface area (Å²) in [6.07, 6.45) is 0. The van der Waals surface area contributed by atoms with Gasteiger partial charge in [0.15, 0.2) is 10.4 Å². The average Bonchev–Trinajstić information content (AvgIpc) is 3.08. The van der Waals surface area contributed by atoms with Crippen LogP contribution in [0.4, 0.5) is 0 Å². The Labute approximate surface area is 123 Å². The summed E-state index contributed by atoms with van der Waals surface area (Å²) in [6.45, 7) is 5.92. The van der Waals surface area contributed by atoms with Crippen LogP contribution in [0.1, 0.15) is 30.2 Å². The summed E-state index contributed by atoms with van der Waals surface area (Å²) < 4.78 is 13.2. The third-order valence-corrected chi connectivity index (χ3v) is 3.43. The minimum Gasteiger partial charge on any atom is -0.446 e. The first-order chi connectivity index (χ1) is 9.54. The van der Waals surface area contributed by atoms with Gasteiger partial charge in [-0.25, -0.2) is 0 Å². The Balaban J connectivity index is 1.92. The summed E-state index contributed by atoms with van der Waals surface area (Å²) >= 11 is 3.25. The van der Waals surface area contributed by atoms with Crippen molar-refractivity contribution in [2.45, 2.75) is 26.8 Å². The maximum Gasteiger partial charge on any atom is 0.251 e. The van der Waals surface area contributed by atoms with Gasteiger partial charge in [0.2, 0.25) is 5.82 Å². The Kier molecular flexibility index (Phi) is 3.21. The fourth-order valence-electron chi connectivity index (χ4n) is 2.08. The largest absolute Gasteiger partial charge is 0.446 e. The first-order valence-electron chi connectivity index (χ1n) is 6.16. The van der Waals surface area contributed by atoms with Crippen LogP contribution in [0.5, 0.6) is 0 Å². The van der Waals surface area contributed by atoms with Crippen LogP contribution in [0.3, 0.4) is 0 Å². The highest BCUT2D eigenvalue weighted by Crippen LogP contribution is 2.25. The van der Waals surface area contributed by atoms with Gasteiger partial charge in [0.1, 0.15) is 6.04 Å². The number of furan rings is 1. The number of aryl methyl sites for hydroxylation is 2. The van der Waals surface area contributed by atoms with Gasteiger partial charge in [0, 0.05) is 5.69 Å². The zero-order valence-corrected chi connectivity index (χ0v) is 12.9. The van der Waals surface area contributed by atoms with E-state index >= 15 is 0 Å². The van der Waals surface area contributed by atoms with Gasteiger partial charge in [-0.2, -0.15) is 10.1 Å². The maximum atomic E-state index is 5.41. The van der Waals surface area contributed by atoms with Crippen molar-refractivity contribution >= 4 is 15.9 Å². The van der Waals surface area contributed by atoms with Crippen molar-refractivity contribution in [2.75, 3.05) is 0 Å². The zero-order valence-electron chi connectivity index (χ0n) is 11.3. The molecule has 3 heterocycles. The second kappa shape index (κ2) is 4.90. The molecule has 0 fully saturated rings. The monoisotopic (exact) mass is 336 g/mol. The Bertz CT molecular complexity index is 743. The van der Waals surface area contributed by atoms with Gasteiger partial charge in [-0.1, -0.05) is 5.16 Å². The molecule has 7 heteroatoms. The predicted octanol–water partition coefficient (Wildman–Crippen LogP) is 3.51. The number of nitrogens with zero attached hydrogens (tertiary/aromatic N) is 4. The molecular weight excluding hydrogens is 324 g/mol. The van der Waals surface area contributed by atoms with E-state index in [9.17, 15) is 0 Å². The minimum absolute atomic E-state index is 0.122. The van der Waals surface area contributed by atoms with Crippen molar-refractivity contribution in [3.05, 3.63) is 40.1 Å².